The summed E-state index contributed by atoms with van der Waals surface area (Å²) in [6.07, 6.45) is 0. The second kappa shape index (κ2) is 11.4. The van der Waals surface area contributed by atoms with Crippen LogP contribution in [0.25, 0.3) is 0 Å². The number of thiazole rings is 1. The van der Waals surface area contributed by atoms with Crippen LogP contribution >= 0.6 is 23.1 Å². The highest BCUT2D eigenvalue weighted by Crippen LogP contribution is 2.54. The second-order valence-corrected chi connectivity index (χ2v) is 14.0. The van der Waals surface area contributed by atoms with Crippen LogP contribution in [0.3, 0.4) is 0 Å². The van der Waals surface area contributed by atoms with E-state index in [0.717, 1.165) is 39.1 Å². The summed E-state index contributed by atoms with van der Waals surface area (Å²) in [4.78, 5) is 66.2. The van der Waals surface area contributed by atoms with Gasteiger partial charge in [-0.1, -0.05) is 68.1 Å². The third-order valence-electron chi connectivity index (χ3n) is 7.93. The number of aromatic nitrogens is 1. The zero-order valence-corrected chi connectivity index (χ0v) is 26.0. The van der Waals surface area contributed by atoms with Crippen molar-refractivity contribution in [2.24, 2.45) is 5.92 Å². The van der Waals surface area contributed by atoms with Gasteiger partial charge in [-0.2, -0.15) is 0 Å². The first-order valence-corrected chi connectivity index (χ1v) is 15.7. The molecule has 1 N–H and O–H groups in total. The zero-order valence-electron chi connectivity index (χ0n) is 24.4. The number of imide groups is 1. The smallest absolute Gasteiger partial charge is 0.308 e. The fourth-order valence-corrected chi connectivity index (χ4v) is 8.43. The summed E-state index contributed by atoms with van der Waals surface area (Å²) in [6, 6.07) is 18.2. The number of non-ortho nitro benzene ring substituents is 1. The first-order valence-electron chi connectivity index (χ1n) is 14.0. The Morgan fingerprint density at radius 3 is 2.20 bits per heavy atom. The van der Waals surface area contributed by atoms with Gasteiger partial charge in [-0.25, -0.2) is 9.29 Å². The number of carbonyl (C=O) groups excluding carboxylic acids is 3. The molecule has 1 saturated heterocycles. The predicted molar refractivity (Wildman–Crippen MR) is 169 cm³/mol. The Bertz CT molecular complexity index is 1900. The first-order chi connectivity index (χ1) is 21.3. The van der Waals surface area contributed by atoms with Gasteiger partial charge in [0.2, 0.25) is 17.7 Å². The van der Waals surface area contributed by atoms with Crippen LogP contribution in [0.1, 0.15) is 42.7 Å². The van der Waals surface area contributed by atoms with Gasteiger partial charge in [0.15, 0.2) is 0 Å². The van der Waals surface area contributed by atoms with Crippen molar-refractivity contribution >= 4 is 57.9 Å². The SMILES string of the molecule is CC(C)(C)c1ccc([C@@H]2c3sc(=O)n(CC(=O)Nc4ccc(F)cc4)c3SC3C(=O)N(c4ccc([N+](=O)[O-])cc4)C(=O)C32)cc1. The van der Waals surface area contributed by atoms with Crippen LogP contribution in [-0.2, 0) is 26.3 Å². The molecule has 0 bridgehead atoms. The Balaban J connectivity index is 1.41. The highest BCUT2D eigenvalue weighted by molar-refractivity contribution is 8.00. The van der Waals surface area contributed by atoms with Gasteiger partial charge in [-0.05, 0) is 52.9 Å². The van der Waals surface area contributed by atoms with Crippen molar-refractivity contribution in [3.63, 3.8) is 0 Å². The molecule has 3 amide bonds. The Morgan fingerprint density at radius 2 is 1.60 bits per heavy atom. The Hall–Kier alpha value is -4.62. The molecule has 3 heterocycles. The first kappa shape index (κ1) is 30.4. The van der Waals surface area contributed by atoms with E-state index in [0.29, 0.717) is 15.6 Å². The average molecular weight is 647 g/mol. The lowest BCUT2D eigenvalue weighted by molar-refractivity contribution is -0.384. The molecule has 0 spiro atoms. The number of amides is 3. The van der Waals surface area contributed by atoms with E-state index in [-0.39, 0.29) is 23.3 Å². The van der Waals surface area contributed by atoms with Crippen molar-refractivity contribution in [1.82, 2.24) is 4.57 Å². The molecule has 0 saturated carbocycles. The summed E-state index contributed by atoms with van der Waals surface area (Å²) in [5.41, 5.74) is 2.08. The number of benzene rings is 3. The van der Waals surface area contributed by atoms with E-state index in [1.54, 1.807) is 0 Å². The van der Waals surface area contributed by atoms with Gasteiger partial charge in [-0.3, -0.25) is 33.9 Å². The molecule has 1 aromatic heterocycles. The van der Waals surface area contributed by atoms with E-state index >= 15 is 0 Å². The van der Waals surface area contributed by atoms with E-state index in [9.17, 15) is 33.7 Å². The van der Waals surface area contributed by atoms with Gasteiger partial charge in [0.1, 0.15) is 17.6 Å². The maximum absolute atomic E-state index is 14.1. The lowest BCUT2D eigenvalue weighted by Gasteiger charge is -2.31. The molecular formula is C32H27FN4O6S2. The molecule has 4 aromatic rings. The number of rotatable bonds is 6. The van der Waals surface area contributed by atoms with Crippen molar-refractivity contribution in [3.05, 3.63) is 114 Å². The van der Waals surface area contributed by atoms with Crippen LogP contribution in [0.5, 0.6) is 0 Å². The van der Waals surface area contributed by atoms with Gasteiger partial charge in [0.25, 0.3) is 5.69 Å². The summed E-state index contributed by atoms with van der Waals surface area (Å²) in [5.74, 6) is -3.46. The molecular weight excluding hydrogens is 620 g/mol. The van der Waals surface area contributed by atoms with Gasteiger partial charge in [-0.15, -0.1) is 0 Å². The van der Waals surface area contributed by atoms with Gasteiger partial charge >= 0.3 is 4.87 Å². The van der Waals surface area contributed by atoms with Crippen LogP contribution in [0.2, 0.25) is 0 Å². The van der Waals surface area contributed by atoms with Crippen LogP contribution in [0.15, 0.2) is 82.6 Å². The summed E-state index contributed by atoms with van der Waals surface area (Å²) in [5, 5.41) is 13.4. The molecule has 13 heteroatoms. The van der Waals surface area contributed by atoms with E-state index in [4.69, 9.17) is 0 Å². The number of halogens is 1. The molecule has 6 rings (SSSR count). The van der Waals surface area contributed by atoms with Crippen LogP contribution in [-0.4, -0.2) is 32.5 Å². The van der Waals surface area contributed by atoms with Gasteiger partial charge < -0.3 is 5.32 Å². The van der Waals surface area contributed by atoms with Crippen molar-refractivity contribution in [2.75, 3.05) is 10.2 Å². The topological polar surface area (TPSA) is 132 Å². The van der Waals surface area contributed by atoms with E-state index < -0.39 is 50.4 Å². The second-order valence-electron chi connectivity index (χ2n) is 11.9. The number of nitrogens with one attached hydrogen (secondary N) is 1. The number of nitro groups is 1. The lowest BCUT2D eigenvalue weighted by Crippen LogP contribution is -2.33. The van der Waals surface area contributed by atoms with E-state index in [1.807, 2.05) is 24.3 Å². The molecule has 2 aliphatic heterocycles. The molecule has 3 aromatic carbocycles. The lowest BCUT2D eigenvalue weighted by atomic mass is 9.81. The number of nitro benzene ring substituents is 1. The average Bonchev–Trinajstić information content (AvgIpc) is 3.44. The van der Waals surface area contributed by atoms with Crippen molar-refractivity contribution in [3.8, 4) is 0 Å². The van der Waals surface area contributed by atoms with Crippen LogP contribution in [0.4, 0.5) is 21.5 Å². The van der Waals surface area contributed by atoms with Gasteiger partial charge in [0, 0.05) is 28.6 Å². The molecule has 0 aliphatic carbocycles. The fourth-order valence-electron chi connectivity index (χ4n) is 5.66. The van der Waals surface area contributed by atoms with Crippen LogP contribution in [0, 0.1) is 21.8 Å². The third-order valence-corrected chi connectivity index (χ3v) is 10.5. The van der Waals surface area contributed by atoms with Gasteiger partial charge in [0.05, 0.1) is 21.6 Å². The molecule has 45 heavy (non-hydrogen) atoms. The molecule has 3 atom stereocenters. The Morgan fingerprint density at radius 1 is 0.956 bits per heavy atom. The third kappa shape index (κ3) is 5.57. The number of fused-ring (bicyclic) bond motifs is 2. The van der Waals surface area contributed by atoms with Crippen molar-refractivity contribution in [1.29, 1.82) is 0 Å². The number of thioether (sulfide) groups is 1. The Labute approximate surface area is 265 Å². The predicted octanol–water partition coefficient (Wildman–Crippen LogP) is 5.69. The number of hydrogen-bond donors (Lipinski definition) is 1. The quantitative estimate of drug-likeness (QED) is 0.162. The highest BCUT2D eigenvalue weighted by atomic mass is 32.2. The minimum atomic E-state index is -0.909. The minimum absolute atomic E-state index is 0.132. The molecule has 1 fully saturated rings. The minimum Gasteiger partial charge on any atom is -0.325 e. The maximum Gasteiger partial charge on any atom is 0.308 e. The fraction of sp³-hybridized carbons (Fsp3) is 0.250. The standard InChI is InChI=1S/C32H27FN4O6S2/c1-32(2,3)18-6-4-17(5-7-18)24-25-26(29(40)36(28(25)39)21-12-14-22(15-13-21)37(42)43)44-30-27(24)45-31(41)35(30)16-23(38)34-20-10-8-19(33)9-11-20/h4-15,24-26H,16H2,1-3H3,(H,34,38)/t24-,25?,26?/m0/s1. The molecule has 2 unspecified atom stereocenters. The molecule has 230 valence electrons. The normalized spacial score (nSPS) is 19.3. The van der Waals surface area contributed by atoms with E-state index in [1.165, 1.54) is 53.1 Å². The van der Waals surface area contributed by atoms with Crippen molar-refractivity contribution < 1.29 is 23.7 Å². The molecule has 10 nitrogen and oxygen atoms in total. The number of nitrogens with zero attached hydrogens (tertiary/aromatic N) is 3. The Kier molecular flexibility index (Phi) is 7.69. The van der Waals surface area contributed by atoms with E-state index in [2.05, 4.69) is 26.1 Å². The largest absolute Gasteiger partial charge is 0.325 e. The summed E-state index contributed by atoms with van der Waals surface area (Å²) in [6.45, 7) is 5.89. The zero-order chi connectivity index (χ0) is 32.2. The number of hydrogen-bond acceptors (Lipinski definition) is 8. The summed E-state index contributed by atoms with van der Waals surface area (Å²) in [7, 11) is 0. The molecule has 0 radical (unpaired) electrons. The summed E-state index contributed by atoms with van der Waals surface area (Å²) >= 11 is 2.01. The van der Waals surface area contributed by atoms with Crippen molar-refractivity contribution in [2.45, 2.75) is 48.9 Å². The highest BCUT2D eigenvalue weighted by Gasteiger charge is 2.56. The number of anilines is 2. The van der Waals surface area contributed by atoms with Crippen LogP contribution < -0.4 is 15.1 Å². The summed E-state index contributed by atoms with van der Waals surface area (Å²) < 4.78 is 14.6. The monoisotopic (exact) mass is 646 g/mol. The number of carbonyl (C=O) groups is 3. The maximum atomic E-state index is 14.1. The molecule has 2 aliphatic rings.